The Bertz CT molecular complexity index is 1360. The van der Waals surface area contributed by atoms with Gasteiger partial charge in [-0.2, -0.15) is 0 Å². The van der Waals surface area contributed by atoms with Crippen LogP contribution in [-0.4, -0.2) is 47.9 Å². The third-order valence-electron chi connectivity index (χ3n) is 6.72. The van der Waals surface area contributed by atoms with E-state index in [9.17, 15) is 18.4 Å². The smallest absolute Gasteiger partial charge is 0.256 e. The molecule has 2 aromatic carbocycles. The van der Waals surface area contributed by atoms with Crippen molar-refractivity contribution in [2.75, 3.05) is 31.5 Å². The van der Waals surface area contributed by atoms with Crippen molar-refractivity contribution in [3.05, 3.63) is 76.6 Å². The molecule has 6 nitrogen and oxygen atoms in total. The number of nitrogens with one attached hydrogen (secondary N) is 3. The van der Waals surface area contributed by atoms with Crippen molar-refractivity contribution in [1.29, 1.82) is 0 Å². The number of aromatic nitrogens is 1. The van der Waals surface area contributed by atoms with E-state index in [0.717, 1.165) is 37.8 Å². The van der Waals surface area contributed by atoms with Crippen LogP contribution in [0, 0.1) is 18.6 Å². The van der Waals surface area contributed by atoms with Gasteiger partial charge in [-0.1, -0.05) is 24.3 Å². The Labute approximate surface area is 208 Å². The Balaban J connectivity index is 1.43. The zero-order valence-corrected chi connectivity index (χ0v) is 20.1. The zero-order valence-electron chi connectivity index (χ0n) is 20.1. The highest BCUT2D eigenvalue weighted by Crippen LogP contribution is 2.41. The summed E-state index contributed by atoms with van der Waals surface area (Å²) in [5.41, 5.74) is 3.38. The summed E-state index contributed by atoms with van der Waals surface area (Å²) < 4.78 is 28.6. The van der Waals surface area contributed by atoms with Gasteiger partial charge in [0.25, 0.3) is 11.8 Å². The van der Waals surface area contributed by atoms with E-state index in [1.807, 2.05) is 6.92 Å². The largest absolute Gasteiger partial charge is 0.358 e. The number of amides is 2. The lowest BCUT2D eigenvalue weighted by molar-refractivity contribution is -0.110. The van der Waals surface area contributed by atoms with Crippen molar-refractivity contribution >= 4 is 29.2 Å². The van der Waals surface area contributed by atoms with E-state index >= 15 is 0 Å². The number of carbonyl (C=O) groups is 2. The maximum atomic E-state index is 14.7. The topological polar surface area (TPSA) is 77.2 Å². The van der Waals surface area contributed by atoms with Crippen LogP contribution in [0.3, 0.4) is 0 Å². The molecule has 1 fully saturated rings. The number of nitrogens with zero attached hydrogens (tertiary/aromatic N) is 1. The number of carbonyl (C=O) groups excluding carboxylic acids is 2. The third kappa shape index (κ3) is 4.68. The summed E-state index contributed by atoms with van der Waals surface area (Å²) in [5, 5.41) is 5.77. The van der Waals surface area contributed by atoms with Crippen molar-refractivity contribution in [2.45, 2.75) is 26.2 Å². The Morgan fingerprint density at radius 2 is 1.86 bits per heavy atom. The third-order valence-corrected chi connectivity index (χ3v) is 6.72. The Morgan fingerprint density at radius 3 is 2.67 bits per heavy atom. The normalized spacial score (nSPS) is 16.4. The minimum absolute atomic E-state index is 0.0629. The first kappa shape index (κ1) is 23.9. The fourth-order valence-corrected chi connectivity index (χ4v) is 4.99. The minimum Gasteiger partial charge on any atom is -0.358 e. The van der Waals surface area contributed by atoms with Crippen LogP contribution in [0.5, 0.6) is 0 Å². The lowest BCUT2D eigenvalue weighted by Crippen LogP contribution is -2.28. The molecule has 2 aliphatic rings. The van der Waals surface area contributed by atoms with Crippen LogP contribution in [-0.2, 0) is 4.79 Å². The van der Waals surface area contributed by atoms with E-state index < -0.39 is 11.6 Å². The average Bonchev–Trinajstić information content (AvgIpc) is 3.58. The average molecular weight is 491 g/mol. The van der Waals surface area contributed by atoms with Crippen molar-refractivity contribution in [3.63, 3.8) is 0 Å². The maximum Gasteiger partial charge on any atom is 0.256 e. The number of rotatable bonds is 7. The minimum atomic E-state index is -0.977. The summed E-state index contributed by atoms with van der Waals surface area (Å²) in [4.78, 5) is 31.5. The quantitative estimate of drug-likeness (QED) is 0.323. The summed E-state index contributed by atoms with van der Waals surface area (Å²) >= 11 is 0. The number of anilines is 1. The van der Waals surface area contributed by atoms with Crippen molar-refractivity contribution in [2.24, 2.45) is 0 Å². The number of benzene rings is 2. The molecule has 0 saturated carbocycles. The van der Waals surface area contributed by atoms with E-state index in [2.05, 4.69) is 20.5 Å². The molecule has 1 saturated heterocycles. The molecule has 2 aliphatic heterocycles. The number of aromatic amines is 1. The van der Waals surface area contributed by atoms with Gasteiger partial charge < -0.3 is 20.5 Å². The van der Waals surface area contributed by atoms with Crippen molar-refractivity contribution in [1.82, 2.24) is 15.2 Å². The van der Waals surface area contributed by atoms with Gasteiger partial charge in [-0.3, -0.25) is 9.59 Å². The summed E-state index contributed by atoms with van der Waals surface area (Å²) in [6.07, 6.45) is 4.94. The van der Waals surface area contributed by atoms with Gasteiger partial charge in [-0.25, -0.2) is 8.78 Å². The number of H-pyrrole nitrogens is 1. The molecule has 0 unspecified atom stereocenters. The highest BCUT2D eigenvalue weighted by atomic mass is 19.2. The molecule has 0 bridgehead atoms. The highest BCUT2D eigenvalue weighted by Gasteiger charge is 2.29. The summed E-state index contributed by atoms with van der Waals surface area (Å²) in [6, 6.07) is 10.8. The van der Waals surface area contributed by atoms with Gasteiger partial charge in [0, 0.05) is 29.1 Å². The Hall–Kier alpha value is -3.78. The van der Waals surface area contributed by atoms with E-state index in [0.29, 0.717) is 34.6 Å². The van der Waals surface area contributed by atoms with E-state index in [1.165, 1.54) is 25.0 Å². The van der Waals surface area contributed by atoms with E-state index in [-0.39, 0.29) is 23.0 Å². The van der Waals surface area contributed by atoms with Crippen molar-refractivity contribution < 1.29 is 18.4 Å². The van der Waals surface area contributed by atoms with Gasteiger partial charge in [0.05, 0.1) is 16.8 Å². The number of aryl methyl sites for hydroxylation is 1. The van der Waals surface area contributed by atoms with Gasteiger partial charge in [0.2, 0.25) is 0 Å². The molecule has 1 aromatic heterocycles. The van der Waals surface area contributed by atoms with Crippen LogP contribution < -0.4 is 10.6 Å². The number of likely N-dealkylation sites (tertiary alicyclic amines) is 1. The molecule has 0 radical (unpaired) electrons. The predicted octanol–water partition coefficient (Wildman–Crippen LogP) is 4.98. The van der Waals surface area contributed by atoms with Crippen LogP contribution in [0.15, 0.2) is 42.5 Å². The Kier molecular flexibility index (Phi) is 6.69. The zero-order chi connectivity index (χ0) is 25.2. The second-order valence-electron chi connectivity index (χ2n) is 9.28. The molecule has 3 N–H and O–H groups in total. The summed E-state index contributed by atoms with van der Waals surface area (Å²) in [5.74, 6) is -2.54. The standard InChI is InChI=1S/C28H28F2N4O2/c1-17-15-20(27(35)31-11-6-14-34-12-2-3-13-34)24(32-17)16-21-25-18(7-5-10-23(25)33-28(21)36)19-8-4-9-22(29)26(19)30/h4-5,7-10,15-16,32H,2-3,6,11-14H2,1H3,(H,31,35)(H,33,36). The first-order valence-electron chi connectivity index (χ1n) is 12.2. The lowest BCUT2D eigenvalue weighted by atomic mass is 9.93. The van der Waals surface area contributed by atoms with Gasteiger partial charge >= 0.3 is 0 Å². The fourth-order valence-electron chi connectivity index (χ4n) is 4.99. The summed E-state index contributed by atoms with van der Waals surface area (Å²) in [6.45, 7) is 5.59. The highest BCUT2D eigenvalue weighted by molar-refractivity contribution is 6.36. The first-order chi connectivity index (χ1) is 17.4. The van der Waals surface area contributed by atoms with Gasteiger partial charge in [0.15, 0.2) is 11.6 Å². The van der Waals surface area contributed by atoms with E-state index in [4.69, 9.17) is 0 Å². The molecule has 3 aromatic rings. The fraction of sp³-hybridized carbons (Fsp3) is 0.286. The van der Waals surface area contributed by atoms with Gasteiger partial charge in [-0.15, -0.1) is 0 Å². The predicted molar refractivity (Wildman–Crippen MR) is 136 cm³/mol. The summed E-state index contributed by atoms with van der Waals surface area (Å²) in [7, 11) is 0. The molecule has 0 atom stereocenters. The SMILES string of the molecule is Cc1cc(C(=O)NCCCN2CCCC2)c(C=C2C(=O)Nc3cccc(-c4cccc(F)c4F)c32)[nH]1. The monoisotopic (exact) mass is 490 g/mol. The van der Waals surface area contributed by atoms with Crippen LogP contribution in [0.2, 0.25) is 0 Å². The number of fused-ring (bicyclic) bond motifs is 1. The van der Waals surface area contributed by atoms with E-state index in [1.54, 1.807) is 30.3 Å². The molecule has 186 valence electrons. The molecule has 5 rings (SSSR count). The molecule has 0 aliphatic carbocycles. The molecular formula is C28H28F2N4O2. The number of hydrogen-bond donors (Lipinski definition) is 3. The van der Waals surface area contributed by atoms with Gasteiger partial charge in [-0.05, 0) is 75.7 Å². The maximum absolute atomic E-state index is 14.7. The van der Waals surface area contributed by atoms with Crippen molar-refractivity contribution in [3.8, 4) is 11.1 Å². The van der Waals surface area contributed by atoms with Crippen LogP contribution in [0.1, 0.15) is 46.6 Å². The van der Waals surface area contributed by atoms with Crippen LogP contribution in [0.4, 0.5) is 14.5 Å². The van der Waals surface area contributed by atoms with Gasteiger partial charge in [0.1, 0.15) is 0 Å². The second-order valence-corrected chi connectivity index (χ2v) is 9.28. The Morgan fingerprint density at radius 1 is 1.11 bits per heavy atom. The molecule has 3 heterocycles. The second kappa shape index (κ2) is 10.1. The molecule has 36 heavy (non-hydrogen) atoms. The molecule has 0 spiro atoms. The molecular weight excluding hydrogens is 462 g/mol. The number of halogens is 2. The molecule has 8 heteroatoms. The lowest BCUT2D eigenvalue weighted by Gasteiger charge is -2.14. The number of hydrogen-bond acceptors (Lipinski definition) is 3. The van der Waals surface area contributed by atoms with Crippen LogP contribution in [0.25, 0.3) is 22.8 Å². The molecule has 2 amide bonds. The first-order valence-corrected chi connectivity index (χ1v) is 12.2. The van der Waals surface area contributed by atoms with Crippen LogP contribution >= 0.6 is 0 Å².